The topological polar surface area (TPSA) is 35.5 Å². The van der Waals surface area contributed by atoms with Crippen LogP contribution < -0.4 is 9.62 Å². The molecule has 0 aliphatic carbocycles. The second kappa shape index (κ2) is 8.88. The van der Waals surface area contributed by atoms with Crippen LogP contribution in [0.2, 0.25) is 0 Å². The summed E-state index contributed by atoms with van der Waals surface area (Å²) < 4.78 is 3.61. The SMILES string of the molecule is CCCCC1CN(c2ccccc2)c2cc(SCC)c(O)cc2SN1. The zero-order chi connectivity index (χ0) is 17.6. The van der Waals surface area contributed by atoms with Crippen molar-refractivity contribution in [1.29, 1.82) is 0 Å². The van der Waals surface area contributed by atoms with Crippen molar-refractivity contribution in [2.75, 3.05) is 17.2 Å². The Labute approximate surface area is 159 Å². The lowest BCUT2D eigenvalue weighted by Crippen LogP contribution is -2.34. The first-order chi connectivity index (χ1) is 12.2. The van der Waals surface area contributed by atoms with Crippen LogP contribution in [0.15, 0.2) is 52.3 Å². The normalized spacial score (nSPS) is 17.2. The lowest BCUT2D eigenvalue weighted by atomic mass is 10.1. The van der Waals surface area contributed by atoms with Gasteiger partial charge in [-0.25, -0.2) is 0 Å². The van der Waals surface area contributed by atoms with Gasteiger partial charge in [-0.1, -0.05) is 44.9 Å². The number of anilines is 2. The Bertz CT molecular complexity index is 694. The van der Waals surface area contributed by atoms with Crippen LogP contribution in [0.1, 0.15) is 33.1 Å². The number of hydrogen-bond acceptors (Lipinski definition) is 5. The molecule has 5 heteroatoms. The fraction of sp³-hybridized carbons (Fsp3) is 0.400. The number of nitrogens with one attached hydrogen (secondary N) is 1. The third kappa shape index (κ3) is 4.46. The molecule has 2 aromatic carbocycles. The van der Waals surface area contributed by atoms with E-state index in [4.69, 9.17) is 0 Å². The zero-order valence-corrected chi connectivity index (χ0v) is 16.5. The number of nitrogens with zero attached hydrogens (tertiary/aromatic N) is 1. The minimum Gasteiger partial charge on any atom is -0.507 e. The summed E-state index contributed by atoms with van der Waals surface area (Å²) in [5.74, 6) is 1.32. The molecule has 1 heterocycles. The molecule has 0 aromatic heterocycles. The zero-order valence-electron chi connectivity index (χ0n) is 14.9. The third-order valence-electron chi connectivity index (χ3n) is 4.34. The first-order valence-electron chi connectivity index (χ1n) is 8.97. The number of rotatable bonds is 6. The van der Waals surface area contributed by atoms with Crippen molar-refractivity contribution in [2.45, 2.75) is 48.9 Å². The van der Waals surface area contributed by atoms with Gasteiger partial charge in [-0.05, 0) is 48.4 Å². The number of hydrogen-bond donors (Lipinski definition) is 2. The minimum absolute atomic E-state index is 0.375. The van der Waals surface area contributed by atoms with E-state index in [1.165, 1.54) is 24.2 Å². The van der Waals surface area contributed by atoms with Crippen molar-refractivity contribution in [3.05, 3.63) is 42.5 Å². The number of benzene rings is 2. The van der Waals surface area contributed by atoms with Crippen LogP contribution in [0.5, 0.6) is 5.75 Å². The van der Waals surface area contributed by atoms with E-state index in [-0.39, 0.29) is 0 Å². The molecule has 134 valence electrons. The molecule has 25 heavy (non-hydrogen) atoms. The Hall–Kier alpha value is -1.30. The van der Waals surface area contributed by atoms with E-state index in [9.17, 15) is 5.11 Å². The number of para-hydroxylation sites is 1. The molecule has 0 saturated carbocycles. The van der Waals surface area contributed by atoms with Gasteiger partial charge in [0.05, 0.1) is 15.5 Å². The predicted molar refractivity (Wildman–Crippen MR) is 110 cm³/mol. The maximum Gasteiger partial charge on any atom is 0.130 e. The summed E-state index contributed by atoms with van der Waals surface area (Å²) in [6.07, 6.45) is 3.59. The molecule has 0 bridgehead atoms. The summed E-state index contributed by atoms with van der Waals surface area (Å²) in [7, 11) is 0. The van der Waals surface area contributed by atoms with Crippen LogP contribution in [0.3, 0.4) is 0 Å². The van der Waals surface area contributed by atoms with E-state index in [2.05, 4.69) is 59.9 Å². The fourth-order valence-electron chi connectivity index (χ4n) is 3.06. The lowest BCUT2D eigenvalue weighted by Gasteiger charge is -2.28. The Morgan fingerprint density at radius 2 is 2.04 bits per heavy atom. The number of unbranched alkanes of at least 4 members (excludes halogenated alkanes) is 1. The molecule has 2 aromatic rings. The van der Waals surface area contributed by atoms with Gasteiger partial charge in [-0.3, -0.25) is 4.72 Å². The molecule has 0 amide bonds. The number of fused-ring (bicyclic) bond motifs is 1. The molecule has 0 spiro atoms. The summed E-state index contributed by atoms with van der Waals surface area (Å²) in [5, 5.41) is 10.4. The summed E-state index contributed by atoms with van der Waals surface area (Å²) in [6, 6.07) is 15.0. The molecule has 0 saturated heterocycles. The highest BCUT2D eigenvalue weighted by Crippen LogP contribution is 2.43. The largest absolute Gasteiger partial charge is 0.507 e. The number of thioether (sulfide) groups is 1. The van der Waals surface area contributed by atoms with E-state index < -0.39 is 0 Å². The average molecular weight is 375 g/mol. The van der Waals surface area contributed by atoms with Gasteiger partial charge in [0.1, 0.15) is 5.75 Å². The minimum atomic E-state index is 0.375. The molecule has 1 aliphatic heterocycles. The van der Waals surface area contributed by atoms with Crippen LogP contribution in [0.4, 0.5) is 11.4 Å². The molecule has 1 unspecified atom stereocenters. The van der Waals surface area contributed by atoms with Crippen LogP contribution in [-0.2, 0) is 0 Å². The third-order valence-corrected chi connectivity index (χ3v) is 6.27. The van der Waals surface area contributed by atoms with Crippen LogP contribution in [0, 0.1) is 0 Å². The van der Waals surface area contributed by atoms with Crippen molar-refractivity contribution in [2.24, 2.45) is 0 Å². The van der Waals surface area contributed by atoms with E-state index >= 15 is 0 Å². The molecule has 1 aliphatic rings. The van der Waals surface area contributed by atoms with Crippen LogP contribution >= 0.6 is 23.7 Å². The van der Waals surface area contributed by atoms with E-state index in [0.29, 0.717) is 11.8 Å². The number of phenolic OH excluding ortho intramolecular Hbond substituents is 1. The second-order valence-corrected chi connectivity index (χ2v) is 8.41. The van der Waals surface area contributed by atoms with Crippen molar-refractivity contribution >= 4 is 35.1 Å². The lowest BCUT2D eigenvalue weighted by molar-refractivity contribution is 0.461. The number of phenols is 1. The first kappa shape index (κ1) is 18.5. The Balaban J connectivity index is 2.00. The van der Waals surface area contributed by atoms with Gasteiger partial charge in [0.2, 0.25) is 0 Å². The monoisotopic (exact) mass is 374 g/mol. The van der Waals surface area contributed by atoms with E-state index in [0.717, 1.165) is 28.5 Å². The average Bonchev–Trinajstić information content (AvgIpc) is 2.81. The standard InChI is InChI=1S/C20H26N2OS2/c1-3-5-9-15-14-22(16-10-7-6-8-11-16)17-12-20(24-4-2)18(23)13-19(17)25-21-15/h6-8,10-13,15,21,23H,3-5,9,14H2,1-2H3. The molecule has 0 fully saturated rings. The molecular weight excluding hydrogens is 348 g/mol. The van der Waals surface area contributed by atoms with Gasteiger partial charge in [0, 0.05) is 18.3 Å². The molecule has 3 rings (SSSR count). The van der Waals surface area contributed by atoms with Gasteiger partial charge in [0.25, 0.3) is 0 Å². The molecule has 3 nitrogen and oxygen atoms in total. The fourth-order valence-corrected chi connectivity index (χ4v) is 4.70. The van der Waals surface area contributed by atoms with Crippen molar-refractivity contribution in [1.82, 2.24) is 4.72 Å². The maximum absolute atomic E-state index is 10.4. The molecule has 0 radical (unpaired) electrons. The molecular formula is C20H26N2OS2. The summed E-state index contributed by atoms with van der Waals surface area (Å²) in [5.41, 5.74) is 2.38. The van der Waals surface area contributed by atoms with Crippen LogP contribution in [0.25, 0.3) is 0 Å². The summed E-state index contributed by atoms with van der Waals surface area (Å²) >= 11 is 3.33. The van der Waals surface area contributed by atoms with E-state index in [1.54, 1.807) is 23.7 Å². The summed E-state index contributed by atoms with van der Waals surface area (Å²) in [4.78, 5) is 4.43. The second-order valence-electron chi connectivity index (χ2n) is 6.23. The Morgan fingerprint density at radius 1 is 1.24 bits per heavy atom. The van der Waals surface area contributed by atoms with Crippen molar-refractivity contribution < 1.29 is 5.11 Å². The van der Waals surface area contributed by atoms with Gasteiger partial charge in [0.15, 0.2) is 0 Å². The van der Waals surface area contributed by atoms with Crippen LogP contribution in [-0.4, -0.2) is 23.4 Å². The smallest absolute Gasteiger partial charge is 0.130 e. The van der Waals surface area contributed by atoms with Crippen molar-refractivity contribution in [3.63, 3.8) is 0 Å². The number of aromatic hydroxyl groups is 1. The van der Waals surface area contributed by atoms with Gasteiger partial charge in [-0.2, -0.15) is 0 Å². The van der Waals surface area contributed by atoms with Gasteiger partial charge >= 0.3 is 0 Å². The van der Waals surface area contributed by atoms with Crippen molar-refractivity contribution in [3.8, 4) is 5.75 Å². The Morgan fingerprint density at radius 3 is 2.76 bits per heavy atom. The first-order valence-corrected chi connectivity index (χ1v) is 10.8. The summed E-state index contributed by atoms with van der Waals surface area (Å²) in [6.45, 7) is 5.28. The van der Waals surface area contributed by atoms with Gasteiger partial charge < -0.3 is 10.0 Å². The highest BCUT2D eigenvalue weighted by Gasteiger charge is 2.24. The maximum atomic E-state index is 10.4. The van der Waals surface area contributed by atoms with Gasteiger partial charge in [-0.15, -0.1) is 11.8 Å². The highest BCUT2D eigenvalue weighted by atomic mass is 32.2. The predicted octanol–water partition coefficient (Wildman–Crippen LogP) is 5.81. The highest BCUT2D eigenvalue weighted by molar-refractivity contribution is 7.99. The van der Waals surface area contributed by atoms with E-state index in [1.807, 2.05) is 6.07 Å². The molecule has 2 N–H and O–H groups in total. The quantitative estimate of drug-likeness (QED) is 0.493. The Kier molecular flexibility index (Phi) is 6.57. The molecule has 1 atom stereocenters.